The van der Waals surface area contributed by atoms with Crippen LogP contribution in [0.25, 0.3) is 0 Å². The quantitative estimate of drug-likeness (QED) is 0.703. The summed E-state index contributed by atoms with van der Waals surface area (Å²) >= 11 is 5.41. The van der Waals surface area contributed by atoms with E-state index in [-0.39, 0.29) is 11.2 Å². The van der Waals surface area contributed by atoms with Crippen LogP contribution in [0.5, 0.6) is 5.88 Å². The van der Waals surface area contributed by atoms with Gasteiger partial charge in [0.1, 0.15) is 0 Å². The average molecular weight is 189 g/mol. The zero-order valence-electron chi connectivity index (χ0n) is 5.90. The van der Waals surface area contributed by atoms with E-state index in [4.69, 9.17) is 21.4 Å². The molecule has 1 rings (SSSR count). The van der Waals surface area contributed by atoms with Gasteiger partial charge in [0.05, 0.1) is 0 Å². The molecular weight excluding hydrogens is 184 g/mol. The fourth-order valence-corrected chi connectivity index (χ4v) is 0.675. The van der Waals surface area contributed by atoms with Crippen LogP contribution in [-0.2, 0) is 4.79 Å². The first kappa shape index (κ1) is 8.73. The van der Waals surface area contributed by atoms with Gasteiger partial charge in [-0.05, 0) is 11.6 Å². The van der Waals surface area contributed by atoms with E-state index >= 15 is 0 Å². The van der Waals surface area contributed by atoms with Gasteiger partial charge in [-0.2, -0.15) is 4.98 Å². The predicted molar refractivity (Wildman–Crippen MR) is 40.2 cm³/mol. The van der Waals surface area contributed by atoms with Crippen molar-refractivity contribution in [3.8, 4) is 5.88 Å². The number of hydrogen-bond acceptors (Lipinski definition) is 4. The Labute approximate surface area is 73.0 Å². The summed E-state index contributed by atoms with van der Waals surface area (Å²) < 4.78 is 4.71. The number of nitrogens with zero attached hydrogens (tertiary/aromatic N) is 2. The monoisotopic (exact) mass is 188 g/mol. The molecule has 0 fully saturated rings. The van der Waals surface area contributed by atoms with Gasteiger partial charge in [0, 0.05) is 12.3 Å². The SMILES string of the molecule is O=C(O)COc1ccnc(Cl)n1. The summed E-state index contributed by atoms with van der Waals surface area (Å²) in [5.74, 6) is -0.915. The summed E-state index contributed by atoms with van der Waals surface area (Å²) in [5, 5.41) is 8.27. The highest BCUT2D eigenvalue weighted by Crippen LogP contribution is 2.07. The summed E-state index contributed by atoms with van der Waals surface area (Å²) in [6.45, 7) is -0.437. The average Bonchev–Trinajstić information content (AvgIpc) is 2.01. The number of aromatic nitrogens is 2. The van der Waals surface area contributed by atoms with Gasteiger partial charge in [0.25, 0.3) is 0 Å². The second kappa shape index (κ2) is 3.87. The topological polar surface area (TPSA) is 72.3 Å². The molecule has 0 atom stereocenters. The Morgan fingerprint density at radius 3 is 3.08 bits per heavy atom. The van der Waals surface area contributed by atoms with Gasteiger partial charge in [-0.1, -0.05) is 0 Å². The first-order chi connectivity index (χ1) is 5.68. The third-order valence-electron chi connectivity index (χ3n) is 0.944. The van der Waals surface area contributed by atoms with Gasteiger partial charge in [0.2, 0.25) is 11.2 Å². The number of carboxylic acids is 1. The highest BCUT2D eigenvalue weighted by molar-refractivity contribution is 6.28. The number of carbonyl (C=O) groups is 1. The minimum absolute atomic E-state index is 0.0258. The molecule has 0 bridgehead atoms. The van der Waals surface area contributed by atoms with E-state index in [9.17, 15) is 4.79 Å². The van der Waals surface area contributed by atoms with Crippen molar-refractivity contribution >= 4 is 17.6 Å². The van der Waals surface area contributed by atoms with E-state index in [0.717, 1.165) is 0 Å². The van der Waals surface area contributed by atoms with E-state index < -0.39 is 12.6 Å². The smallest absolute Gasteiger partial charge is 0.341 e. The molecular formula is C6H5ClN2O3. The van der Waals surface area contributed by atoms with Crippen LogP contribution in [0.3, 0.4) is 0 Å². The van der Waals surface area contributed by atoms with Crippen LogP contribution in [0.15, 0.2) is 12.3 Å². The summed E-state index contributed by atoms with van der Waals surface area (Å²) in [6.07, 6.45) is 1.38. The summed E-state index contributed by atoms with van der Waals surface area (Å²) in [7, 11) is 0. The van der Waals surface area contributed by atoms with E-state index in [1.165, 1.54) is 12.3 Å². The molecule has 64 valence electrons. The van der Waals surface area contributed by atoms with Crippen molar-refractivity contribution in [1.82, 2.24) is 9.97 Å². The third kappa shape index (κ3) is 2.71. The van der Waals surface area contributed by atoms with E-state index in [0.29, 0.717) is 0 Å². The van der Waals surface area contributed by atoms with Gasteiger partial charge in [-0.25, -0.2) is 9.78 Å². The molecule has 1 aromatic heterocycles. The molecule has 6 heteroatoms. The lowest BCUT2D eigenvalue weighted by atomic mass is 10.6. The van der Waals surface area contributed by atoms with Crippen molar-refractivity contribution in [2.75, 3.05) is 6.61 Å². The highest BCUT2D eigenvalue weighted by Gasteiger charge is 2.00. The Morgan fingerprint density at radius 2 is 2.50 bits per heavy atom. The number of aliphatic carboxylic acids is 1. The minimum atomic E-state index is -1.07. The zero-order chi connectivity index (χ0) is 8.97. The maximum atomic E-state index is 10.1. The van der Waals surface area contributed by atoms with Crippen molar-refractivity contribution in [1.29, 1.82) is 0 Å². The second-order valence-corrected chi connectivity index (χ2v) is 2.18. The Balaban J connectivity index is 2.57. The molecule has 12 heavy (non-hydrogen) atoms. The first-order valence-corrected chi connectivity index (χ1v) is 3.39. The summed E-state index contributed by atoms with van der Waals surface area (Å²) in [5.41, 5.74) is 0. The molecule has 0 aromatic carbocycles. The van der Waals surface area contributed by atoms with Gasteiger partial charge in [-0.15, -0.1) is 0 Å². The number of ether oxygens (including phenoxy) is 1. The Bertz CT molecular complexity index is 292. The van der Waals surface area contributed by atoms with E-state index in [1.807, 2.05) is 0 Å². The van der Waals surface area contributed by atoms with Crippen LogP contribution in [0.4, 0.5) is 0 Å². The summed E-state index contributed by atoms with van der Waals surface area (Å²) in [6, 6.07) is 1.43. The fourth-order valence-electron chi connectivity index (χ4n) is 0.536. The van der Waals surface area contributed by atoms with Crippen molar-refractivity contribution < 1.29 is 14.6 Å². The Hall–Kier alpha value is -1.36. The molecule has 0 aliphatic carbocycles. The van der Waals surface area contributed by atoms with Gasteiger partial charge in [-0.3, -0.25) is 0 Å². The van der Waals surface area contributed by atoms with Gasteiger partial charge in [0.15, 0.2) is 6.61 Å². The van der Waals surface area contributed by atoms with Crippen LogP contribution in [-0.4, -0.2) is 27.7 Å². The molecule has 0 amide bonds. The first-order valence-electron chi connectivity index (χ1n) is 3.01. The van der Waals surface area contributed by atoms with Crippen molar-refractivity contribution in [3.63, 3.8) is 0 Å². The van der Waals surface area contributed by atoms with Crippen molar-refractivity contribution in [3.05, 3.63) is 17.5 Å². The molecule has 0 aliphatic rings. The molecule has 5 nitrogen and oxygen atoms in total. The molecule has 0 saturated heterocycles. The molecule has 0 spiro atoms. The molecule has 0 unspecified atom stereocenters. The zero-order valence-corrected chi connectivity index (χ0v) is 6.65. The molecule has 1 N–H and O–H groups in total. The third-order valence-corrected chi connectivity index (χ3v) is 1.13. The lowest BCUT2D eigenvalue weighted by Crippen LogP contribution is -2.10. The molecule has 0 radical (unpaired) electrons. The van der Waals surface area contributed by atoms with Gasteiger partial charge < -0.3 is 9.84 Å². The molecule has 1 heterocycles. The fraction of sp³-hybridized carbons (Fsp3) is 0.167. The predicted octanol–water partition coefficient (Wildman–Crippen LogP) is 0.593. The maximum Gasteiger partial charge on any atom is 0.341 e. The molecule has 0 saturated carbocycles. The number of rotatable bonds is 3. The van der Waals surface area contributed by atoms with Crippen molar-refractivity contribution in [2.45, 2.75) is 0 Å². The lowest BCUT2D eigenvalue weighted by molar-refractivity contribution is -0.139. The number of halogens is 1. The largest absolute Gasteiger partial charge is 0.479 e. The molecule has 0 aliphatic heterocycles. The van der Waals surface area contributed by atoms with E-state index in [2.05, 4.69) is 9.97 Å². The number of carboxylic acid groups (broad SMARTS) is 1. The summed E-state index contributed by atoms with van der Waals surface area (Å²) in [4.78, 5) is 17.3. The van der Waals surface area contributed by atoms with Crippen LogP contribution in [0.2, 0.25) is 5.28 Å². The van der Waals surface area contributed by atoms with Crippen LogP contribution in [0.1, 0.15) is 0 Å². The standard InChI is InChI=1S/C6H5ClN2O3/c7-6-8-2-1-4(9-6)12-3-5(10)11/h1-2H,3H2,(H,10,11). The normalized spacial score (nSPS) is 9.42. The Morgan fingerprint density at radius 1 is 1.75 bits per heavy atom. The van der Waals surface area contributed by atoms with Crippen LogP contribution in [0, 0.1) is 0 Å². The molecule has 1 aromatic rings. The second-order valence-electron chi connectivity index (χ2n) is 1.85. The van der Waals surface area contributed by atoms with E-state index in [1.54, 1.807) is 0 Å². The highest BCUT2D eigenvalue weighted by atomic mass is 35.5. The maximum absolute atomic E-state index is 10.1. The Kier molecular flexibility index (Phi) is 2.82. The number of hydrogen-bond donors (Lipinski definition) is 1. The van der Waals surface area contributed by atoms with Crippen LogP contribution < -0.4 is 4.74 Å². The van der Waals surface area contributed by atoms with Gasteiger partial charge >= 0.3 is 5.97 Å². The minimum Gasteiger partial charge on any atom is -0.479 e. The van der Waals surface area contributed by atoms with Crippen molar-refractivity contribution in [2.24, 2.45) is 0 Å². The van der Waals surface area contributed by atoms with Crippen LogP contribution >= 0.6 is 11.6 Å². The lowest BCUT2D eigenvalue weighted by Gasteiger charge is -1.99.